The van der Waals surface area contributed by atoms with Crippen LogP contribution in [-0.4, -0.2) is 21.7 Å². The van der Waals surface area contributed by atoms with E-state index in [2.05, 4.69) is 0 Å². The van der Waals surface area contributed by atoms with Gasteiger partial charge in [-0.05, 0) is 40.8 Å². The van der Waals surface area contributed by atoms with Crippen molar-refractivity contribution in [2.24, 2.45) is 0 Å². The van der Waals surface area contributed by atoms with Gasteiger partial charge in [-0.2, -0.15) is 0 Å². The molecule has 0 saturated heterocycles. The van der Waals surface area contributed by atoms with Crippen LogP contribution in [0, 0.1) is 5.82 Å². The van der Waals surface area contributed by atoms with Crippen LogP contribution in [0.5, 0.6) is 0 Å². The number of rotatable bonds is 6. The summed E-state index contributed by atoms with van der Waals surface area (Å²) in [4.78, 5) is 29.8. The van der Waals surface area contributed by atoms with Crippen LogP contribution in [-0.2, 0) is 11.0 Å². The smallest absolute Gasteiger partial charge is 0.324 e. The SMILES string of the molecule is CC(C)c1cc(Cc2c(Cl)cc(C(=O)CP(=O)(O)O)cc2Cl)ccc1F. The maximum atomic E-state index is 13.8. The average molecular weight is 419 g/mol. The fourth-order valence-corrected chi connectivity index (χ4v) is 3.74. The Morgan fingerprint density at radius 2 is 1.73 bits per heavy atom. The molecular formula is C18H18Cl2FO4P. The van der Waals surface area contributed by atoms with E-state index in [1.165, 1.54) is 18.2 Å². The van der Waals surface area contributed by atoms with Crippen LogP contribution >= 0.6 is 30.8 Å². The molecule has 2 aromatic rings. The first kappa shape index (κ1) is 21.1. The summed E-state index contributed by atoms with van der Waals surface area (Å²) in [5.74, 6) is -0.995. The van der Waals surface area contributed by atoms with Gasteiger partial charge in [-0.3, -0.25) is 9.36 Å². The average Bonchev–Trinajstić information content (AvgIpc) is 2.50. The second-order valence-corrected chi connectivity index (χ2v) is 8.81. The quantitative estimate of drug-likeness (QED) is 0.498. The minimum atomic E-state index is -4.48. The molecule has 0 aliphatic heterocycles. The van der Waals surface area contributed by atoms with Crippen molar-refractivity contribution in [2.75, 3.05) is 6.16 Å². The van der Waals surface area contributed by atoms with E-state index in [-0.39, 0.29) is 27.3 Å². The molecular weight excluding hydrogens is 401 g/mol. The number of carbonyl (C=O) groups excluding carboxylic acids is 1. The fourth-order valence-electron chi connectivity index (χ4n) is 2.56. The fraction of sp³-hybridized carbons (Fsp3) is 0.278. The van der Waals surface area contributed by atoms with E-state index in [0.29, 0.717) is 17.5 Å². The Hall–Kier alpha value is -1.23. The Bertz CT molecular complexity index is 870. The van der Waals surface area contributed by atoms with Gasteiger partial charge in [0.1, 0.15) is 12.0 Å². The molecule has 4 nitrogen and oxygen atoms in total. The topological polar surface area (TPSA) is 74.6 Å². The molecule has 0 aliphatic carbocycles. The third-order valence-corrected chi connectivity index (χ3v) is 5.25. The van der Waals surface area contributed by atoms with Crippen molar-refractivity contribution in [1.82, 2.24) is 0 Å². The zero-order valence-electron chi connectivity index (χ0n) is 14.2. The molecule has 8 heteroatoms. The summed E-state index contributed by atoms with van der Waals surface area (Å²) >= 11 is 12.5. The molecule has 2 N–H and O–H groups in total. The van der Waals surface area contributed by atoms with Gasteiger partial charge in [-0.15, -0.1) is 0 Å². The van der Waals surface area contributed by atoms with Crippen LogP contribution in [0.15, 0.2) is 30.3 Å². The van der Waals surface area contributed by atoms with Crippen LogP contribution in [0.25, 0.3) is 0 Å². The Kier molecular flexibility index (Phi) is 6.65. The van der Waals surface area contributed by atoms with E-state index >= 15 is 0 Å². The van der Waals surface area contributed by atoms with Crippen molar-refractivity contribution in [3.8, 4) is 0 Å². The molecule has 2 rings (SSSR count). The highest BCUT2D eigenvalue weighted by Crippen LogP contribution is 2.36. The van der Waals surface area contributed by atoms with Crippen molar-refractivity contribution in [3.05, 3.63) is 68.4 Å². The monoisotopic (exact) mass is 418 g/mol. The van der Waals surface area contributed by atoms with Gasteiger partial charge in [0.15, 0.2) is 5.78 Å². The Balaban J connectivity index is 2.33. The second kappa shape index (κ2) is 8.20. The van der Waals surface area contributed by atoms with Gasteiger partial charge in [0.2, 0.25) is 0 Å². The highest BCUT2D eigenvalue weighted by atomic mass is 35.5. The summed E-state index contributed by atoms with van der Waals surface area (Å²) in [6, 6.07) is 7.46. The third-order valence-electron chi connectivity index (χ3n) is 3.88. The molecule has 0 atom stereocenters. The highest BCUT2D eigenvalue weighted by molar-refractivity contribution is 7.52. The second-order valence-electron chi connectivity index (χ2n) is 6.35. The van der Waals surface area contributed by atoms with Crippen LogP contribution in [0.1, 0.15) is 46.8 Å². The molecule has 26 heavy (non-hydrogen) atoms. The van der Waals surface area contributed by atoms with Gasteiger partial charge in [0, 0.05) is 22.0 Å². The summed E-state index contributed by atoms with van der Waals surface area (Å²) in [6.07, 6.45) is -0.570. The van der Waals surface area contributed by atoms with E-state index in [4.69, 9.17) is 33.0 Å². The lowest BCUT2D eigenvalue weighted by atomic mass is 9.96. The molecule has 0 aromatic heterocycles. The predicted molar refractivity (Wildman–Crippen MR) is 101 cm³/mol. The van der Waals surface area contributed by atoms with Gasteiger partial charge in [0.05, 0.1) is 0 Å². The van der Waals surface area contributed by atoms with Gasteiger partial charge in [0.25, 0.3) is 0 Å². The summed E-state index contributed by atoms with van der Waals surface area (Å²) in [5, 5.41) is 0.420. The molecule has 0 heterocycles. The molecule has 0 spiro atoms. The number of hydrogen-bond donors (Lipinski definition) is 2. The molecule has 0 fully saturated rings. The summed E-state index contributed by atoms with van der Waals surface area (Å²) in [6.45, 7) is 3.78. The molecule has 0 bridgehead atoms. The lowest BCUT2D eigenvalue weighted by molar-refractivity contribution is 0.101. The van der Waals surface area contributed by atoms with E-state index in [9.17, 15) is 13.8 Å². The number of benzene rings is 2. The Morgan fingerprint density at radius 3 is 2.23 bits per heavy atom. The largest absolute Gasteiger partial charge is 0.333 e. The van der Waals surface area contributed by atoms with Crippen molar-refractivity contribution < 1.29 is 23.5 Å². The number of hydrogen-bond acceptors (Lipinski definition) is 2. The number of Topliss-reactive ketones (excluding diaryl/α,β-unsaturated/α-hetero) is 1. The zero-order valence-corrected chi connectivity index (χ0v) is 16.6. The molecule has 0 unspecified atom stereocenters. The van der Waals surface area contributed by atoms with E-state index in [1.54, 1.807) is 12.1 Å². The Morgan fingerprint density at radius 1 is 1.15 bits per heavy atom. The molecule has 0 saturated carbocycles. The standard InChI is InChI=1S/C18H18Cl2FO4P/c1-10(2)13-5-11(3-4-17(13)21)6-14-15(19)7-12(8-16(14)20)18(22)9-26(23,24)25/h3-5,7-8,10H,6,9H2,1-2H3,(H2,23,24,25). The summed E-state index contributed by atoms with van der Waals surface area (Å²) in [7, 11) is -4.48. The number of ketones is 1. The maximum Gasteiger partial charge on any atom is 0.333 e. The number of carbonyl (C=O) groups is 1. The van der Waals surface area contributed by atoms with Crippen LogP contribution in [0.3, 0.4) is 0 Å². The highest BCUT2D eigenvalue weighted by Gasteiger charge is 2.22. The van der Waals surface area contributed by atoms with Crippen molar-refractivity contribution in [3.63, 3.8) is 0 Å². The number of halogens is 3. The molecule has 0 radical (unpaired) electrons. The normalized spacial score (nSPS) is 11.8. The van der Waals surface area contributed by atoms with Crippen LogP contribution < -0.4 is 0 Å². The minimum Gasteiger partial charge on any atom is -0.324 e. The molecule has 0 aliphatic rings. The van der Waals surface area contributed by atoms with Crippen LogP contribution in [0.4, 0.5) is 4.39 Å². The van der Waals surface area contributed by atoms with Crippen molar-refractivity contribution >= 4 is 36.6 Å². The molecule has 0 amide bonds. The van der Waals surface area contributed by atoms with E-state index < -0.39 is 19.5 Å². The van der Waals surface area contributed by atoms with Crippen molar-refractivity contribution in [1.29, 1.82) is 0 Å². The zero-order chi connectivity index (χ0) is 19.6. The first-order valence-corrected chi connectivity index (χ1v) is 10.4. The summed E-state index contributed by atoms with van der Waals surface area (Å²) < 4.78 is 24.8. The Labute approximate surface area is 161 Å². The minimum absolute atomic E-state index is 0.0218. The first-order chi connectivity index (χ1) is 12.0. The lowest BCUT2D eigenvalue weighted by Gasteiger charge is -2.13. The maximum absolute atomic E-state index is 13.8. The molecule has 2 aromatic carbocycles. The van der Waals surface area contributed by atoms with E-state index in [1.807, 2.05) is 13.8 Å². The molecule has 140 valence electrons. The van der Waals surface area contributed by atoms with Crippen LogP contribution in [0.2, 0.25) is 10.0 Å². The first-order valence-electron chi connectivity index (χ1n) is 7.82. The summed E-state index contributed by atoms with van der Waals surface area (Å²) in [5.41, 5.74) is 1.99. The van der Waals surface area contributed by atoms with Crippen molar-refractivity contribution in [2.45, 2.75) is 26.2 Å². The third kappa shape index (κ3) is 5.38. The predicted octanol–water partition coefficient (Wildman–Crippen LogP) is 5.21. The van der Waals surface area contributed by atoms with Gasteiger partial charge in [-0.25, -0.2) is 4.39 Å². The van der Waals surface area contributed by atoms with Gasteiger partial charge < -0.3 is 9.79 Å². The lowest BCUT2D eigenvalue weighted by Crippen LogP contribution is -2.07. The van der Waals surface area contributed by atoms with Gasteiger partial charge in [-0.1, -0.05) is 49.2 Å². The van der Waals surface area contributed by atoms with E-state index in [0.717, 1.165) is 5.56 Å². The van der Waals surface area contributed by atoms with Gasteiger partial charge >= 0.3 is 7.60 Å².